The molecule has 3 aromatic carbocycles. The molecule has 4 nitrogen and oxygen atoms in total. The molecule has 0 saturated heterocycles. The third kappa shape index (κ3) is 4.93. The van der Waals surface area contributed by atoms with Crippen LogP contribution in [0.3, 0.4) is 0 Å². The van der Waals surface area contributed by atoms with E-state index in [9.17, 15) is 5.11 Å². The zero-order valence-electron chi connectivity index (χ0n) is 21.8. The van der Waals surface area contributed by atoms with Gasteiger partial charge in [0.1, 0.15) is 5.75 Å². The molecule has 0 amide bonds. The number of hydrogen-bond donors (Lipinski definition) is 1. The fraction of sp³-hybridized carbons (Fsp3) is 0.355. The van der Waals surface area contributed by atoms with E-state index in [1.165, 1.54) is 10.4 Å². The average molecular weight is 503 g/mol. The SMILES string of the molecule is C=C[C@@]1(CO[Si](c2ccccc2)(c2ccccc2)C(C)(C)C)C[C@@H](OCc2ccc(OC)cc2)[C@H]1O. The van der Waals surface area contributed by atoms with E-state index >= 15 is 0 Å². The highest BCUT2D eigenvalue weighted by Crippen LogP contribution is 2.47. The molecule has 4 rings (SSSR count). The molecule has 1 aliphatic rings. The second-order valence-corrected chi connectivity index (χ2v) is 15.0. The van der Waals surface area contributed by atoms with Crippen LogP contribution in [0.4, 0.5) is 0 Å². The zero-order valence-corrected chi connectivity index (χ0v) is 22.8. The second kappa shape index (κ2) is 10.7. The van der Waals surface area contributed by atoms with E-state index in [2.05, 4.69) is 75.9 Å². The maximum atomic E-state index is 11.2. The van der Waals surface area contributed by atoms with Crippen molar-refractivity contribution in [3.8, 4) is 5.75 Å². The molecular formula is C31H38O4Si. The minimum atomic E-state index is -2.70. The van der Waals surface area contributed by atoms with Crippen LogP contribution in [0.25, 0.3) is 0 Å². The fourth-order valence-electron chi connectivity index (χ4n) is 5.30. The molecule has 3 atom stereocenters. The minimum absolute atomic E-state index is 0.128. The first kappa shape index (κ1) is 26.4. The van der Waals surface area contributed by atoms with E-state index < -0.39 is 19.8 Å². The molecule has 1 fully saturated rings. The molecule has 0 radical (unpaired) electrons. The molecule has 0 bridgehead atoms. The van der Waals surface area contributed by atoms with Gasteiger partial charge in [0.2, 0.25) is 0 Å². The maximum Gasteiger partial charge on any atom is 0.261 e. The van der Waals surface area contributed by atoms with E-state index in [1.807, 2.05) is 42.5 Å². The molecule has 190 valence electrons. The van der Waals surface area contributed by atoms with Gasteiger partial charge in [0.15, 0.2) is 0 Å². The number of aliphatic hydroxyl groups is 1. The third-order valence-electron chi connectivity index (χ3n) is 7.53. The summed E-state index contributed by atoms with van der Waals surface area (Å²) in [4.78, 5) is 0. The summed E-state index contributed by atoms with van der Waals surface area (Å²) in [5, 5.41) is 13.6. The summed E-state index contributed by atoms with van der Waals surface area (Å²) in [6.07, 6.45) is 1.61. The van der Waals surface area contributed by atoms with Gasteiger partial charge in [-0.1, -0.05) is 99.6 Å². The van der Waals surface area contributed by atoms with Gasteiger partial charge in [-0.25, -0.2) is 0 Å². The monoisotopic (exact) mass is 502 g/mol. The first-order valence-corrected chi connectivity index (χ1v) is 14.5. The molecule has 3 aromatic rings. The average Bonchev–Trinajstić information content (AvgIpc) is 2.90. The normalized spacial score (nSPS) is 22.0. The topological polar surface area (TPSA) is 47.9 Å². The molecule has 1 saturated carbocycles. The lowest BCUT2D eigenvalue weighted by Gasteiger charge is -2.52. The molecule has 1 N–H and O–H groups in total. The lowest BCUT2D eigenvalue weighted by atomic mass is 9.64. The third-order valence-corrected chi connectivity index (χ3v) is 12.5. The van der Waals surface area contributed by atoms with Gasteiger partial charge >= 0.3 is 0 Å². The lowest BCUT2D eigenvalue weighted by Crippen LogP contribution is -2.69. The van der Waals surface area contributed by atoms with Crippen LogP contribution in [0.15, 0.2) is 97.6 Å². The van der Waals surface area contributed by atoms with Crippen molar-refractivity contribution in [2.45, 2.75) is 51.0 Å². The standard InChI is InChI=1S/C31H38O4Si/c1-6-31(21-28(29(31)32)34-22-24-17-19-25(33-5)20-18-24)23-35-36(30(2,3)4,26-13-9-7-10-14-26)27-15-11-8-12-16-27/h6-20,28-29,32H,1,21-23H2,2-5H3/t28-,29-,31+/m1/s1. The molecule has 1 aliphatic carbocycles. The van der Waals surface area contributed by atoms with E-state index in [4.69, 9.17) is 13.9 Å². The molecule has 0 heterocycles. The van der Waals surface area contributed by atoms with Crippen molar-refractivity contribution in [1.29, 1.82) is 0 Å². The van der Waals surface area contributed by atoms with Gasteiger partial charge in [-0.2, -0.15) is 0 Å². The number of rotatable bonds is 10. The van der Waals surface area contributed by atoms with Gasteiger partial charge in [-0.15, -0.1) is 6.58 Å². The number of methoxy groups -OCH3 is 1. The van der Waals surface area contributed by atoms with Crippen molar-refractivity contribution in [3.05, 3.63) is 103 Å². The summed E-state index contributed by atoms with van der Waals surface area (Å²) in [7, 11) is -1.05. The summed E-state index contributed by atoms with van der Waals surface area (Å²) < 4.78 is 18.4. The van der Waals surface area contributed by atoms with Gasteiger partial charge in [0.05, 0.1) is 25.9 Å². The minimum Gasteiger partial charge on any atom is -0.497 e. The van der Waals surface area contributed by atoms with Crippen LogP contribution in [-0.4, -0.2) is 39.3 Å². The summed E-state index contributed by atoms with van der Waals surface area (Å²) in [6.45, 7) is 11.7. The number of ether oxygens (including phenoxy) is 2. The summed E-state index contributed by atoms with van der Waals surface area (Å²) in [6, 6.07) is 29.0. The van der Waals surface area contributed by atoms with Crippen molar-refractivity contribution in [1.82, 2.24) is 0 Å². The Morgan fingerprint density at radius 3 is 1.94 bits per heavy atom. The van der Waals surface area contributed by atoms with Crippen LogP contribution in [0.5, 0.6) is 5.75 Å². The second-order valence-electron chi connectivity index (χ2n) is 10.7. The predicted octanol–water partition coefficient (Wildman–Crippen LogP) is 5.09. The van der Waals surface area contributed by atoms with Crippen molar-refractivity contribution < 1.29 is 19.0 Å². The van der Waals surface area contributed by atoms with E-state index in [0.717, 1.165) is 11.3 Å². The molecule has 0 spiro atoms. The highest BCUT2D eigenvalue weighted by Gasteiger charge is 2.56. The van der Waals surface area contributed by atoms with E-state index in [0.29, 0.717) is 19.6 Å². The van der Waals surface area contributed by atoms with Gasteiger partial charge < -0.3 is 19.0 Å². The van der Waals surface area contributed by atoms with Crippen LogP contribution < -0.4 is 15.1 Å². The molecule has 5 heteroatoms. The van der Waals surface area contributed by atoms with Crippen LogP contribution >= 0.6 is 0 Å². The van der Waals surface area contributed by atoms with E-state index in [-0.39, 0.29) is 11.1 Å². The molecule has 0 unspecified atom stereocenters. The quantitative estimate of drug-likeness (QED) is 0.310. The Hall–Kier alpha value is -2.70. The van der Waals surface area contributed by atoms with Crippen LogP contribution in [0.2, 0.25) is 5.04 Å². The predicted molar refractivity (Wildman–Crippen MR) is 148 cm³/mol. The molecule has 0 aromatic heterocycles. The van der Waals surface area contributed by atoms with Crippen LogP contribution in [0, 0.1) is 5.41 Å². The molecule has 36 heavy (non-hydrogen) atoms. The summed E-state index contributed by atoms with van der Waals surface area (Å²) >= 11 is 0. The first-order valence-electron chi connectivity index (χ1n) is 12.6. The van der Waals surface area contributed by atoms with Crippen molar-refractivity contribution in [3.63, 3.8) is 0 Å². The Kier molecular flexibility index (Phi) is 7.86. The Morgan fingerprint density at radius 1 is 0.944 bits per heavy atom. The Bertz CT molecular complexity index is 1090. The van der Waals surface area contributed by atoms with Crippen molar-refractivity contribution in [2.75, 3.05) is 13.7 Å². The van der Waals surface area contributed by atoms with Crippen LogP contribution in [-0.2, 0) is 15.8 Å². The largest absolute Gasteiger partial charge is 0.497 e. The fourth-order valence-corrected chi connectivity index (χ4v) is 9.94. The smallest absolute Gasteiger partial charge is 0.261 e. The first-order chi connectivity index (χ1) is 17.3. The highest BCUT2D eigenvalue weighted by molar-refractivity contribution is 6.99. The van der Waals surface area contributed by atoms with Gasteiger partial charge in [-0.3, -0.25) is 0 Å². The van der Waals surface area contributed by atoms with Gasteiger partial charge in [0.25, 0.3) is 8.32 Å². The lowest BCUT2D eigenvalue weighted by molar-refractivity contribution is -0.183. The van der Waals surface area contributed by atoms with Crippen molar-refractivity contribution >= 4 is 18.7 Å². The summed E-state index contributed by atoms with van der Waals surface area (Å²) in [5.74, 6) is 0.814. The van der Waals surface area contributed by atoms with Gasteiger partial charge in [0, 0.05) is 12.0 Å². The summed E-state index contributed by atoms with van der Waals surface area (Å²) in [5.41, 5.74) is 0.500. The molecular weight excluding hydrogens is 464 g/mol. The maximum absolute atomic E-state index is 11.2. The number of hydrogen-bond acceptors (Lipinski definition) is 4. The Morgan fingerprint density at radius 2 is 1.50 bits per heavy atom. The Labute approximate surface area is 216 Å². The van der Waals surface area contributed by atoms with Crippen molar-refractivity contribution in [2.24, 2.45) is 5.41 Å². The van der Waals surface area contributed by atoms with Gasteiger partial charge in [-0.05, 0) is 39.5 Å². The Balaban J connectivity index is 1.54. The van der Waals surface area contributed by atoms with Crippen LogP contribution in [0.1, 0.15) is 32.8 Å². The van der Waals surface area contributed by atoms with E-state index in [1.54, 1.807) is 7.11 Å². The highest BCUT2D eigenvalue weighted by atomic mass is 28.4. The number of aliphatic hydroxyl groups excluding tert-OH is 1. The molecule has 0 aliphatic heterocycles. The zero-order chi connectivity index (χ0) is 25.8. The number of benzene rings is 3.